The van der Waals surface area contributed by atoms with Crippen LogP contribution in [0, 0.1) is 6.92 Å². The molecule has 0 aliphatic rings. The number of sulfonamides is 1. The van der Waals surface area contributed by atoms with Gasteiger partial charge in [0.2, 0.25) is 0 Å². The van der Waals surface area contributed by atoms with Crippen LogP contribution in [-0.4, -0.2) is 23.2 Å². The highest BCUT2D eigenvalue weighted by Gasteiger charge is 2.20. The van der Waals surface area contributed by atoms with Crippen LogP contribution in [0.25, 0.3) is 0 Å². The molecule has 0 unspecified atom stereocenters. The van der Waals surface area contributed by atoms with E-state index < -0.39 is 10.0 Å². The van der Waals surface area contributed by atoms with Gasteiger partial charge in [-0.25, -0.2) is 13.4 Å². The minimum atomic E-state index is -3.80. The molecule has 0 aromatic carbocycles. The molecule has 2 aromatic rings. The number of nitrogen functional groups attached to an aromatic ring is 1. The van der Waals surface area contributed by atoms with Crippen LogP contribution in [0.1, 0.15) is 5.69 Å². The van der Waals surface area contributed by atoms with Crippen LogP contribution in [0.15, 0.2) is 27.8 Å². The topological polar surface area (TPSA) is 103 Å². The monoisotopic (exact) mass is 345 g/mol. The maximum absolute atomic E-state index is 12.2. The van der Waals surface area contributed by atoms with Crippen molar-refractivity contribution in [3.8, 4) is 0 Å². The summed E-state index contributed by atoms with van der Waals surface area (Å²) < 4.78 is 29.0. The van der Waals surface area contributed by atoms with Crippen molar-refractivity contribution in [1.82, 2.24) is 14.8 Å². The van der Waals surface area contributed by atoms with E-state index in [-0.39, 0.29) is 10.7 Å². The molecule has 0 saturated carbocycles. The zero-order valence-electron chi connectivity index (χ0n) is 10.3. The van der Waals surface area contributed by atoms with Crippen LogP contribution in [0.3, 0.4) is 0 Å². The summed E-state index contributed by atoms with van der Waals surface area (Å²) in [6.07, 6.45) is 3.01. The molecule has 7 nitrogen and oxygen atoms in total. The molecule has 0 amide bonds. The summed E-state index contributed by atoms with van der Waals surface area (Å²) in [4.78, 5) is 3.73. The molecule has 2 heterocycles. The number of nitrogens with one attached hydrogen (secondary N) is 1. The van der Waals surface area contributed by atoms with Crippen molar-refractivity contribution in [1.29, 1.82) is 0 Å². The molecule has 0 aliphatic carbocycles. The Bertz CT molecular complexity index is 726. The predicted octanol–water partition coefficient (Wildman–Crippen LogP) is 1.27. The minimum Gasteiger partial charge on any atom is -0.383 e. The van der Waals surface area contributed by atoms with E-state index in [1.165, 1.54) is 16.9 Å². The average molecular weight is 346 g/mol. The van der Waals surface area contributed by atoms with Crippen LogP contribution in [-0.2, 0) is 17.1 Å². The van der Waals surface area contributed by atoms with Crippen molar-refractivity contribution in [3.63, 3.8) is 0 Å². The number of pyridine rings is 1. The molecular formula is C10H12BrN5O2S. The fourth-order valence-electron chi connectivity index (χ4n) is 1.55. The molecule has 2 rings (SSSR count). The van der Waals surface area contributed by atoms with Gasteiger partial charge in [-0.15, -0.1) is 0 Å². The summed E-state index contributed by atoms with van der Waals surface area (Å²) >= 11 is 3.17. The highest BCUT2D eigenvalue weighted by Crippen LogP contribution is 2.24. The first-order valence-corrected chi connectivity index (χ1v) is 7.51. The van der Waals surface area contributed by atoms with Gasteiger partial charge in [-0.2, -0.15) is 5.10 Å². The molecule has 2 aromatic heterocycles. The third-order valence-corrected chi connectivity index (χ3v) is 4.22. The Hall–Kier alpha value is -1.61. The van der Waals surface area contributed by atoms with Crippen molar-refractivity contribution in [3.05, 3.63) is 28.6 Å². The van der Waals surface area contributed by atoms with Crippen molar-refractivity contribution in [2.75, 3.05) is 10.5 Å². The summed E-state index contributed by atoms with van der Waals surface area (Å²) in [6.45, 7) is 1.71. The van der Waals surface area contributed by atoms with E-state index in [2.05, 4.69) is 30.7 Å². The van der Waals surface area contributed by atoms with Crippen LogP contribution in [0.4, 0.5) is 11.5 Å². The van der Waals surface area contributed by atoms with E-state index >= 15 is 0 Å². The Morgan fingerprint density at radius 2 is 2.16 bits per heavy atom. The zero-order chi connectivity index (χ0) is 14.2. The lowest BCUT2D eigenvalue weighted by Crippen LogP contribution is -2.15. The Kier molecular flexibility index (Phi) is 3.50. The fourth-order valence-corrected chi connectivity index (χ4v) is 3.24. The average Bonchev–Trinajstić information content (AvgIpc) is 2.60. The maximum Gasteiger partial charge on any atom is 0.265 e. The lowest BCUT2D eigenvalue weighted by atomic mass is 10.4. The number of nitrogens with two attached hydrogens (primary N) is 1. The van der Waals surface area contributed by atoms with Crippen molar-refractivity contribution < 1.29 is 8.42 Å². The highest BCUT2D eigenvalue weighted by atomic mass is 79.9. The fraction of sp³-hybridized carbons (Fsp3) is 0.200. The van der Waals surface area contributed by atoms with E-state index in [0.717, 1.165) is 0 Å². The van der Waals surface area contributed by atoms with Gasteiger partial charge < -0.3 is 5.73 Å². The van der Waals surface area contributed by atoms with Crippen LogP contribution in [0.2, 0.25) is 0 Å². The first kappa shape index (κ1) is 13.8. The number of hydrogen-bond donors (Lipinski definition) is 2. The SMILES string of the molecule is Cc1nn(C)cc1NS(=O)(=O)c1cc(Br)cnc1N. The van der Waals surface area contributed by atoms with Crippen molar-refractivity contribution in [2.45, 2.75) is 11.8 Å². The Morgan fingerprint density at radius 3 is 2.74 bits per heavy atom. The molecule has 19 heavy (non-hydrogen) atoms. The zero-order valence-corrected chi connectivity index (χ0v) is 12.7. The molecule has 0 atom stereocenters. The molecule has 0 aliphatic heterocycles. The first-order valence-electron chi connectivity index (χ1n) is 5.23. The van der Waals surface area contributed by atoms with Gasteiger partial charge in [0.05, 0.1) is 11.4 Å². The van der Waals surface area contributed by atoms with Gasteiger partial charge in [-0.1, -0.05) is 0 Å². The third kappa shape index (κ3) is 2.87. The van der Waals surface area contributed by atoms with Crippen LogP contribution < -0.4 is 10.5 Å². The van der Waals surface area contributed by atoms with Crippen LogP contribution >= 0.6 is 15.9 Å². The second-order valence-electron chi connectivity index (χ2n) is 3.94. The van der Waals surface area contributed by atoms with Gasteiger partial charge in [0, 0.05) is 23.9 Å². The molecule has 102 valence electrons. The summed E-state index contributed by atoms with van der Waals surface area (Å²) in [5, 5.41) is 4.06. The number of rotatable bonds is 3. The van der Waals surface area contributed by atoms with Crippen LogP contribution in [0.5, 0.6) is 0 Å². The van der Waals surface area contributed by atoms with Gasteiger partial charge in [0.1, 0.15) is 10.7 Å². The van der Waals surface area contributed by atoms with Gasteiger partial charge in [0.25, 0.3) is 10.0 Å². The first-order chi connectivity index (χ1) is 8.79. The Balaban J connectivity index is 2.43. The molecule has 0 bridgehead atoms. The summed E-state index contributed by atoms with van der Waals surface area (Å²) in [5.41, 5.74) is 6.58. The number of nitrogens with zero attached hydrogens (tertiary/aromatic N) is 3. The minimum absolute atomic E-state index is 0.0581. The second-order valence-corrected chi connectivity index (χ2v) is 6.51. The van der Waals surface area contributed by atoms with E-state index in [1.807, 2.05) is 0 Å². The molecule has 9 heteroatoms. The molecule has 0 radical (unpaired) electrons. The summed E-state index contributed by atoms with van der Waals surface area (Å²) in [6, 6.07) is 1.40. The number of halogens is 1. The lowest BCUT2D eigenvalue weighted by Gasteiger charge is -2.08. The van der Waals surface area contributed by atoms with Crippen molar-refractivity contribution in [2.24, 2.45) is 7.05 Å². The largest absolute Gasteiger partial charge is 0.383 e. The summed E-state index contributed by atoms with van der Waals surface area (Å²) in [5.74, 6) is -0.0581. The molecule has 0 saturated heterocycles. The normalized spacial score (nSPS) is 11.5. The number of hydrogen-bond acceptors (Lipinski definition) is 5. The van der Waals surface area contributed by atoms with Gasteiger partial charge in [0.15, 0.2) is 0 Å². The maximum atomic E-state index is 12.2. The molecular weight excluding hydrogens is 334 g/mol. The predicted molar refractivity (Wildman–Crippen MR) is 75.1 cm³/mol. The van der Waals surface area contributed by atoms with Gasteiger partial charge in [-0.05, 0) is 28.9 Å². The molecule has 0 fully saturated rings. The van der Waals surface area contributed by atoms with Crippen molar-refractivity contribution >= 4 is 37.5 Å². The lowest BCUT2D eigenvalue weighted by molar-refractivity contribution is 0.601. The van der Waals surface area contributed by atoms with E-state index in [0.29, 0.717) is 15.9 Å². The molecule has 0 spiro atoms. The third-order valence-electron chi connectivity index (χ3n) is 2.40. The number of aryl methyl sites for hydroxylation is 2. The van der Waals surface area contributed by atoms with E-state index in [9.17, 15) is 8.42 Å². The van der Waals surface area contributed by atoms with Gasteiger partial charge >= 0.3 is 0 Å². The standard InChI is InChI=1S/C10H12BrN5O2S/c1-6-8(5-16(2)14-6)15-19(17,18)9-3-7(11)4-13-10(9)12/h3-5,15H,1-2H3,(H2,12,13). The van der Waals surface area contributed by atoms with E-state index in [1.54, 1.807) is 20.2 Å². The van der Waals surface area contributed by atoms with E-state index in [4.69, 9.17) is 5.73 Å². The quantitative estimate of drug-likeness (QED) is 0.871. The number of anilines is 2. The number of aromatic nitrogens is 3. The Labute approximate surface area is 119 Å². The Morgan fingerprint density at radius 1 is 1.47 bits per heavy atom. The van der Waals surface area contributed by atoms with Gasteiger partial charge in [-0.3, -0.25) is 9.40 Å². The second kappa shape index (κ2) is 4.82. The molecule has 3 N–H and O–H groups in total. The smallest absolute Gasteiger partial charge is 0.265 e. The summed E-state index contributed by atoms with van der Waals surface area (Å²) in [7, 11) is -2.09. The highest BCUT2D eigenvalue weighted by molar-refractivity contribution is 9.10.